The van der Waals surface area contributed by atoms with Crippen molar-refractivity contribution in [3.05, 3.63) is 59.8 Å². The Morgan fingerprint density at radius 3 is 2.62 bits per heavy atom. The highest BCUT2D eigenvalue weighted by atomic mass is 32.2. The van der Waals surface area contributed by atoms with Gasteiger partial charge in [-0.2, -0.15) is 13.2 Å². The summed E-state index contributed by atoms with van der Waals surface area (Å²) in [4.78, 5) is 4.22. The number of hydrogen-bond acceptors (Lipinski definition) is 4. The van der Waals surface area contributed by atoms with Crippen LogP contribution in [0.25, 0.3) is 11.5 Å². The molecule has 0 bridgehead atoms. The summed E-state index contributed by atoms with van der Waals surface area (Å²) in [6.07, 6.45) is -2.67. The van der Waals surface area contributed by atoms with Gasteiger partial charge < -0.3 is 4.57 Å². The van der Waals surface area contributed by atoms with Gasteiger partial charge in [-0.25, -0.2) is 0 Å². The number of aromatic nitrogens is 4. The quantitative estimate of drug-likeness (QED) is 0.662. The van der Waals surface area contributed by atoms with Crippen LogP contribution in [0.1, 0.15) is 11.1 Å². The Balaban J connectivity index is 1.75. The van der Waals surface area contributed by atoms with Crippen LogP contribution in [0.4, 0.5) is 13.2 Å². The van der Waals surface area contributed by atoms with Gasteiger partial charge in [-0.3, -0.25) is 4.98 Å². The zero-order valence-electron chi connectivity index (χ0n) is 12.7. The molecule has 124 valence electrons. The van der Waals surface area contributed by atoms with Crippen LogP contribution in [-0.4, -0.2) is 19.7 Å². The minimum Gasteiger partial charge on any atom is -0.304 e. The van der Waals surface area contributed by atoms with Gasteiger partial charge in [-0.1, -0.05) is 36.0 Å². The van der Waals surface area contributed by atoms with Crippen molar-refractivity contribution >= 4 is 11.8 Å². The molecule has 4 nitrogen and oxygen atoms in total. The van der Waals surface area contributed by atoms with Crippen LogP contribution in [-0.2, 0) is 19.0 Å². The SMILES string of the molecule is Cn1c(SCc2cccc(C(F)(F)F)c2)nnc1-c1ccccn1. The maximum absolute atomic E-state index is 12.7. The summed E-state index contributed by atoms with van der Waals surface area (Å²) < 4.78 is 40.0. The second-order valence-corrected chi connectivity index (χ2v) is 6.01. The van der Waals surface area contributed by atoms with Crippen molar-refractivity contribution in [3.63, 3.8) is 0 Å². The van der Waals surface area contributed by atoms with Crippen molar-refractivity contribution in [1.29, 1.82) is 0 Å². The predicted molar refractivity (Wildman–Crippen MR) is 85.2 cm³/mol. The summed E-state index contributed by atoms with van der Waals surface area (Å²) in [5.41, 5.74) is 0.628. The largest absolute Gasteiger partial charge is 0.416 e. The van der Waals surface area contributed by atoms with E-state index < -0.39 is 11.7 Å². The van der Waals surface area contributed by atoms with E-state index >= 15 is 0 Å². The van der Waals surface area contributed by atoms with Crippen molar-refractivity contribution in [2.24, 2.45) is 7.05 Å². The predicted octanol–water partition coefficient (Wildman–Crippen LogP) is 4.19. The monoisotopic (exact) mass is 350 g/mol. The Bertz CT molecular complexity index is 831. The van der Waals surface area contributed by atoms with Crippen LogP contribution >= 0.6 is 11.8 Å². The fourth-order valence-electron chi connectivity index (χ4n) is 2.14. The molecule has 0 radical (unpaired) electrons. The van der Waals surface area contributed by atoms with E-state index in [0.29, 0.717) is 28.0 Å². The zero-order chi connectivity index (χ0) is 17.2. The average Bonchev–Trinajstić information content (AvgIpc) is 2.94. The van der Waals surface area contributed by atoms with E-state index in [9.17, 15) is 13.2 Å². The Kier molecular flexibility index (Phi) is 4.57. The Labute approximate surface area is 140 Å². The van der Waals surface area contributed by atoms with Gasteiger partial charge in [0.1, 0.15) is 5.69 Å². The van der Waals surface area contributed by atoms with Gasteiger partial charge in [-0.05, 0) is 23.8 Å². The lowest BCUT2D eigenvalue weighted by molar-refractivity contribution is -0.137. The Hall–Kier alpha value is -2.35. The molecule has 24 heavy (non-hydrogen) atoms. The molecule has 0 N–H and O–H groups in total. The molecule has 0 aliphatic heterocycles. The van der Waals surface area contributed by atoms with Crippen molar-refractivity contribution < 1.29 is 13.2 Å². The molecule has 0 amide bonds. The lowest BCUT2D eigenvalue weighted by Gasteiger charge is -2.08. The first-order valence-corrected chi connectivity index (χ1v) is 8.03. The van der Waals surface area contributed by atoms with E-state index in [1.807, 2.05) is 18.2 Å². The van der Waals surface area contributed by atoms with E-state index in [-0.39, 0.29) is 0 Å². The molecule has 0 aliphatic rings. The number of pyridine rings is 1. The molecule has 8 heteroatoms. The Morgan fingerprint density at radius 1 is 1.08 bits per heavy atom. The third kappa shape index (κ3) is 3.59. The molecular weight excluding hydrogens is 337 g/mol. The molecule has 2 aromatic heterocycles. The van der Waals surface area contributed by atoms with Crippen molar-refractivity contribution in [3.8, 4) is 11.5 Å². The number of hydrogen-bond donors (Lipinski definition) is 0. The summed E-state index contributed by atoms with van der Waals surface area (Å²) in [6.45, 7) is 0. The zero-order valence-corrected chi connectivity index (χ0v) is 13.5. The highest BCUT2D eigenvalue weighted by Gasteiger charge is 2.30. The molecule has 0 saturated heterocycles. The van der Waals surface area contributed by atoms with Crippen molar-refractivity contribution in [2.45, 2.75) is 17.1 Å². The lowest BCUT2D eigenvalue weighted by Crippen LogP contribution is -2.05. The van der Waals surface area contributed by atoms with E-state index in [0.717, 1.165) is 12.1 Å². The van der Waals surface area contributed by atoms with E-state index in [4.69, 9.17) is 0 Å². The summed E-state index contributed by atoms with van der Waals surface area (Å²) in [7, 11) is 1.80. The fraction of sp³-hybridized carbons (Fsp3) is 0.188. The normalized spacial score (nSPS) is 11.7. The van der Waals surface area contributed by atoms with Gasteiger partial charge in [0.15, 0.2) is 11.0 Å². The van der Waals surface area contributed by atoms with E-state index in [2.05, 4.69) is 15.2 Å². The minimum atomic E-state index is -4.34. The van der Waals surface area contributed by atoms with Crippen molar-refractivity contribution in [2.75, 3.05) is 0 Å². The first-order chi connectivity index (χ1) is 11.4. The number of rotatable bonds is 4. The number of thioether (sulfide) groups is 1. The lowest BCUT2D eigenvalue weighted by atomic mass is 10.1. The van der Waals surface area contributed by atoms with Crippen LogP contribution in [0.2, 0.25) is 0 Å². The maximum Gasteiger partial charge on any atom is 0.416 e. The third-order valence-corrected chi connectivity index (χ3v) is 4.44. The van der Waals surface area contributed by atoms with Crippen LogP contribution in [0.5, 0.6) is 0 Å². The second kappa shape index (κ2) is 6.64. The molecular formula is C16H13F3N4S. The molecule has 0 unspecified atom stereocenters. The molecule has 0 spiro atoms. The molecule has 0 aliphatic carbocycles. The van der Waals surface area contributed by atoms with Crippen molar-refractivity contribution in [1.82, 2.24) is 19.7 Å². The summed E-state index contributed by atoms with van der Waals surface area (Å²) in [5.74, 6) is 0.986. The van der Waals surface area contributed by atoms with Crippen LogP contribution in [0.3, 0.4) is 0 Å². The number of halogens is 3. The molecule has 3 rings (SSSR count). The van der Waals surface area contributed by atoms with Gasteiger partial charge in [0, 0.05) is 19.0 Å². The van der Waals surface area contributed by atoms with Gasteiger partial charge in [0.05, 0.1) is 5.56 Å². The van der Waals surface area contributed by atoms with Gasteiger partial charge >= 0.3 is 6.18 Å². The summed E-state index contributed by atoms with van der Waals surface area (Å²) in [5, 5.41) is 8.82. The minimum absolute atomic E-state index is 0.373. The first kappa shape index (κ1) is 16.5. The third-order valence-electron chi connectivity index (χ3n) is 3.35. The molecule has 2 heterocycles. The summed E-state index contributed by atoms with van der Waals surface area (Å²) in [6, 6.07) is 10.8. The van der Waals surface area contributed by atoms with E-state index in [1.54, 1.807) is 23.9 Å². The second-order valence-electron chi connectivity index (χ2n) is 5.07. The van der Waals surface area contributed by atoms with Crippen LogP contribution in [0, 0.1) is 0 Å². The van der Waals surface area contributed by atoms with Crippen LogP contribution < -0.4 is 0 Å². The van der Waals surface area contributed by atoms with Gasteiger partial charge in [0.2, 0.25) is 0 Å². The highest BCUT2D eigenvalue weighted by Crippen LogP contribution is 2.31. The van der Waals surface area contributed by atoms with Gasteiger partial charge in [0.25, 0.3) is 0 Å². The van der Waals surface area contributed by atoms with E-state index in [1.165, 1.54) is 17.8 Å². The molecule has 3 aromatic rings. The number of alkyl halides is 3. The fourth-order valence-corrected chi connectivity index (χ4v) is 3.00. The smallest absolute Gasteiger partial charge is 0.304 e. The Morgan fingerprint density at radius 2 is 1.92 bits per heavy atom. The number of benzene rings is 1. The topological polar surface area (TPSA) is 43.6 Å². The number of nitrogens with zero attached hydrogens (tertiary/aromatic N) is 4. The van der Waals surface area contributed by atoms with Crippen LogP contribution in [0.15, 0.2) is 53.8 Å². The average molecular weight is 350 g/mol. The first-order valence-electron chi connectivity index (χ1n) is 7.05. The molecule has 0 atom stereocenters. The maximum atomic E-state index is 12.7. The van der Waals surface area contributed by atoms with Gasteiger partial charge in [-0.15, -0.1) is 10.2 Å². The molecule has 0 fully saturated rings. The highest BCUT2D eigenvalue weighted by molar-refractivity contribution is 7.98. The summed E-state index contributed by atoms with van der Waals surface area (Å²) >= 11 is 1.33. The standard InChI is InChI=1S/C16H13F3N4S/c1-23-14(13-7-2-3-8-20-13)21-22-15(23)24-10-11-5-4-6-12(9-11)16(17,18)19/h2-9H,10H2,1H3. The molecule has 1 aromatic carbocycles. The molecule has 0 saturated carbocycles.